The highest BCUT2D eigenvalue weighted by molar-refractivity contribution is 6.68. The Morgan fingerprint density at radius 1 is 0.833 bits per heavy atom. The fourth-order valence-corrected chi connectivity index (χ4v) is 3.74. The van der Waals surface area contributed by atoms with Crippen molar-refractivity contribution in [2.75, 3.05) is 0 Å². The van der Waals surface area contributed by atoms with Gasteiger partial charge in [-0.1, -0.05) is 113 Å². The van der Waals surface area contributed by atoms with Gasteiger partial charge in [0.1, 0.15) is 6.17 Å². The van der Waals surface area contributed by atoms with Crippen LogP contribution in [0.25, 0.3) is 0 Å². The number of carbonyl (C=O) groups excluding carboxylic acids is 1. The summed E-state index contributed by atoms with van der Waals surface area (Å²) in [4.78, 5) is 14.9. The number of alkyl halides is 3. The van der Waals surface area contributed by atoms with Gasteiger partial charge < -0.3 is 5.32 Å². The van der Waals surface area contributed by atoms with Gasteiger partial charge in [-0.2, -0.15) is 0 Å². The van der Waals surface area contributed by atoms with E-state index >= 15 is 0 Å². The van der Waals surface area contributed by atoms with Crippen molar-refractivity contribution in [1.29, 1.82) is 0 Å². The monoisotopic (exact) mass is 460 g/mol. The molecule has 0 heterocycles. The van der Waals surface area contributed by atoms with Crippen LogP contribution in [0.3, 0.4) is 0 Å². The molecule has 1 N–H and O–H groups in total. The summed E-state index contributed by atoms with van der Waals surface area (Å²) in [6.45, 7) is 2.97. The number of hydrogen-bond donors (Lipinski definition) is 1. The van der Waals surface area contributed by atoms with Gasteiger partial charge in [0.2, 0.25) is 3.79 Å². The highest BCUT2D eigenvalue weighted by atomic mass is 35.6. The van der Waals surface area contributed by atoms with Crippen molar-refractivity contribution >= 4 is 40.7 Å². The Hall–Kier alpha value is -2.04. The van der Waals surface area contributed by atoms with Crippen LogP contribution in [-0.4, -0.2) is 20.8 Å². The Morgan fingerprint density at radius 2 is 1.30 bits per heavy atom. The molecule has 0 spiro atoms. The molecule has 1 atom stereocenters. The molecule has 0 saturated heterocycles. The Morgan fingerprint density at radius 3 is 1.73 bits per heavy atom. The largest absolute Gasteiger partial charge is 0.332 e. The summed E-state index contributed by atoms with van der Waals surface area (Å²) in [7, 11) is 0. The molecule has 0 aliphatic carbocycles. The first-order valence-electron chi connectivity index (χ1n) is 9.59. The highest BCUT2D eigenvalue weighted by Gasteiger charge is 2.38. The molecule has 30 heavy (non-hydrogen) atoms. The second-order valence-electron chi connectivity index (χ2n) is 7.16. The highest BCUT2D eigenvalue weighted by Crippen LogP contribution is 2.34. The Bertz CT molecular complexity index is 900. The minimum atomic E-state index is -1.73. The van der Waals surface area contributed by atoms with Gasteiger partial charge in [-0.15, -0.1) is 0 Å². The molecule has 3 aromatic carbocycles. The van der Waals surface area contributed by atoms with E-state index in [1.807, 2.05) is 84.6 Å². The van der Waals surface area contributed by atoms with Crippen LogP contribution in [0.4, 0.5) is 0 Å². The zero-order valence-electron chi connectivity index (χ0n) is 16.6. The third-order valence-corrected chi connectivity index (χ3v) is 5.33. The lowest BCUT2D eigenvalue weighted by atomic mass is 10.1. The van der Waals surface area contributed by atoms with Crippen LogP contribution in [0.1, 0.15) is 27.0 Å². The molecule has 156 valence electrons. The molecule has 3 aromatic rings. The van der Waals surface area contributed by atoms with E-state index in [-0.39, 0.29) is 5.91 Å². The molecule has 0 unspecified atom stereocenters. The molecule has 6 heteroatoms. The van der Waals surface area contributed by atoms with E-state index in [4.69, 9.17) is 34.8 Å². The van der Waals surface area contributed by atoms with Gasteiger partial charge in [-0.25, -0.2) is 0 Å². The molecule has 0 aliphatic rings. The first kappa shape index (κ1) is 22.6. The predicted molar refractivity (Wildman–Crippen MR) is 125 cm³/mol. The standard InChI is InChI=1S/C24H23Cl3N2O/c1-18-12-14-21(15-13-18)22(30)28-23(24(25,26)27)29(16-19-8-4-2-5-9-19)17-20-10-6-3-7-11-20/h2-15,23H,16-17H2,1H3,(H,28,30)/t23-/m0/s1. The second kappa shape index (κ2) is 10.3. The first-order chi connectivity index (χ1) is 14.3. The van der Waals surface area contributed by atoms with E-state index in [2.05, 4.69) is 5.32 Å². The Labute approximate surface area is 192 Å². The van der Waals surface area contributed by atoms with Crippen LogP contribution in [0, 0.1) is 6.92 Å². The van der Waals surface area contributed by atoms with Crippen LogP contribution in [0.2, 0.25) is 0 Å². The van der Waals surface area contributed by atoms with Crippen LogP contribution in [0.5, 0.6) is 0 Å². The van der Waals surface area contributed by atoms with E-state index in [1.165, 1.54) is 0 Å². The van der Waals surface area contributed by atoms with E-state index < -0.39 is 9.96 Å². The third-order valence-electron chi connectivity index (χ3n) is 4.71. The fourth-order valence-electron chi connectivity index (χ4n) is 3.17. The number of aryl methyl sites for hydroxylation is 1. The second-order valence-corrected chi connectivity index (χ2v) is 9.53. The number of halogens is 3. The quantitative estimate of drug-likeness (QED) is 0.339. The topological polar surface area (TPSA) is 32.3 Å². The lowest BCUT2D eigenvalue weighted by Gasteiger charge is -2.36. The van der Waals surface area contributed by atoms with E-state index in [9.17, 15) is 4.79 Å². The average molecular weight is 462 g/mol. The maximum absolute atomic E-state index is 12.9. The van der Waals surface area contributed by atoms with Crippen LogP contribution in [0.15, 0.2) is 84.9 Å². The minimum Gasteiger partial charge on any atom is -0.332 e. The number of carbonyl (C=O) groups is 1. The molecule has 0 saturated carbocycles. The molecule has 0 radical (unpaired) electrons. The zero-order chi connectivity index (χ0) is 21.6. The summed E-state index contributed by atoms with van der Waals surface area (Å²) >= 11 is 19.1. The lowest BCUT2D eigenvalue weighted by Crippen LogP contribution is -2.54. The summed E-state index contributed by atoms with van der Waals surface area (Å²) in [6, 6.07) is 27.1. The van der Waals surface area contributed by atoms with Crippen molar-refractivity contribution in [2.45, 2.75) is 30.0 Å². The van der Waals surface area contributed by atoms with Gasteiger partial charge in [0.05, 0.1) is 0 Å². The van der Waals surface area contributed by atoms with Crippen molar-refractivity contribution in [2.24, 2.45) is 0 Å². The van der Waals surface area contributed by atoms with Crippen molar-refractivity contribution in [3.63, 3.8) is 0 Å². The molecule has 1 amide bonds. The molecular formula is C24H23Cl3N2O. The summed E-state index contributed by atoms with van der Waals surface area (Å²) < 4.78 is -1.73. The smallest absolute Gasteiger partial charge is 0.252 e. The Balaban J connectivity index is 1.89. The number of hydrogen-bond acceptors (Lipinski definition) is 2. The van der Waals surface area contributed by atoms with E-state index in [0.717, 1.165) is 16.7 Å². The van der Waals surface area contributed by atoms with Gasteiger partial charge >= 0.3 is 0 Å². The van der Waals surface area contributed by atoms with Gasteiger partial charge in [-0.3, -0.25) is 9.69 Å². The number of nitrogens with zero attached hydrogens (tertiary/aromatic N) is 1. The first-order valence-corrected chi connectivity index (χ1v) is 10.7. The third kappa shape index (κ3) is 6.48. The van der Waals surface area contributed by atoms with Crippen LogP contribution < -0.4 is 5.32 Å². The molecule has 0 fully saturated rings. The van der Waals surface area contributed by atoms with Crippen molar-refractivity contribution < 1.29 is 4.79 Å². The lowest BCUT2D eigenvalue weighted by molar-refractivity contribution is 0.0826. The summed E-state index contributed by atoms with van der Waals surface area (Å²) in [6.07, 6.45) is -0.836. The summed E-state index contributed by atoms with van der Waals surface area (Å²) in [5.41, 5.74) is 3.69. The van der Waals surface area contributed by atoms with E-state index in [0.29, 0.717) is 18.7 Å². The molecule has 0 aromatic heterocycles. The molecular weight excluding hydrogens is 439 g/mol. The Kier molecular flexibility index (Phi) is 7.79. The summed E-state index contributed by atoms with van der Waals surface area (Å²) in [5.74, 6) is -0.294. The van der Waals surface area contributed by atoms with Crippen LogP contribution >= 0.6 is 34.8 Å². The van der Waals surface area contributed by atoms with Gasteiger partial charge in [0.15, 0.2) is 0 Å². The fraction of sp³-hybridized carbons (Fsp3) is 0.208. The number of amides is 1. The minimum absolute atomic E-state index is 0.294. The number of benzene rings is 3. The normalized spacial score (nSPS) is 12.6. The van der Waals surface area contributed by atoms with Crippen LogP contribution in [-0.2, 0) is 13.1 Å². The van der Waals surface area contributed by atoms with Gasteiger partial charge in [-0.05, 0) is 30.2 Å². The van der Waals surface area contributed by atoms with Gasteiger partial charge in [0.25, 0.3) is 5.91 Å². The molecule has 3 nitrogen and oxygen atoms in total. The number of nitrogens with one attached hydrogen (secondary N) is 1. The molecule has 0 bridgehead atoms. The maximum atomic E-state index is 12.9. The van der Waals surface area contributed by atoms with Crippen molar-refractivity contribution in [3.8, 4) is 0 Å². The van der Waals surface area contributed by atoms with Gasteiger partial charge in [0, 0.05) is 18.7 Å². The van der Waals surface area contributed by atoms with E-state index in [1.54, 1.807) is 12.1 Å². The predicted octanol–water partition coefficient (Wildman–Crippen LogP) is 6.12. The van der Waals surface area contributed by atoms with Crippen molar-refractivity contribution in [1.82, 2.24) is 10.2 Å². The average Bonchev–Trinajstić information content (AvgIpc) is 2.72. The maximum Gasteiger partial charge on any atom is 0.252 e. The molecule has 0 aliphatic heterocycles. The van der Waals surface area contributed by atoms with Crippen molar-refractivity contribution in [3.05, 3.63) is 107 Å². The zero-order valence-corrected chi connectivity index (χ0v) is 18.8. The SMILES string of the molecule is Cc1ccc(C(=O)N[C@@H](N(Cc2ccccc2)Cc2ccccc2)C(Cl)(Cl)Cl)cc1. The number of rotatable bonds is 7. The summed E-state index contributed by atoms with van der Waals surface area (Å²) in [5, 5.41) is 2.92. The molecule has 3 rings (SSSR count).